The molecule has 0 spiro atoms. The van der Waals surface area contributed by atoms with Gasteiger partial charge < -0.3 is 19.5 Å². The Bertz CT molecular complexity index is 547. The van der Waals surface area contributed by atoms with Crippen molar-refractivity contribution in [2.24, 2.45) is 0 Å². The predicted octanol–water partition coefficient (Wildman–Crippen LogP) is 2.44. The van der Waals surface area contributed by atoms with Gasteiger partial charge in [-0.25, -0.2) is 4.85 Å². The number of hydrogen-bond acceptors (Lipinski definition) is 5. The molecule has 1 aromatic carbocycles. The Hall–Kier alpha value is -2.68. The molecule has 1 N–H and O–H groups in total. The van der Waals surface area contributed by atoms with Crippen molar-refractivity contribution in [1.29, 1.82) is 0 Å². The highest BCUT2D eigenvalue weighted by Gasteiger charge is 2.10. The summed E-state index contributed by atoms with van der Waals surface area (Å²) in [6, 6.07) is 5.16. The first-order valence-electron chi connectivity index (χ1n) is 5.89. The molecule has 0 saturated carbocycles. The number of hydrogen-bond donors (Lipinski definition) is 1. The van der Waals surface area contributed by atoms with Crippen LogP contribution in [0.2, 0.25) is 0 Å². The van der Waals surface area contributed by atoms with Crippen LogP contribution in [0.4, 0.5) is 5.69 Å². The molecular weight excluding hydrogens is 260 g/mol. The van der Waals surface area contributed by atoms with Gasteiger partial charge in [-0.3, -0.25) is 4.79 Å². The van der Waals surface area contributed by atoms with Gasteiger partial charge in [-0.05, 0) is 19.1 Å². The molecule has 20 heavy (non-hydrogen) atoms. The van der Waals surface area contributed by atoms with Gasteiger partial charge in [0.1, 0.15) is 0 Å². The van der Waals surface area contributed by atoms with Crippen LogP contribution in [-0.4, -0.2) is 26.8 Å². The van der Waals surface area contributed by atoms with Crippen molar-refractivity contribution in [3.05, 3.63) is 41.5 Å². The zero-order valence-corrected chi connectivity index (χ0v) is 11.6. The molecular formula is C14H16N2O4. The minimum Gasteiger partial charge on any atom is -0.493 e. The van der Waals surface area contributed by atoms with Gasteiger partial charge >= 0.3 is 5.97 Å². The molecule has 0 amide bonds. The molecule has 0 aliphatic carbocycles. The van der Waals surface area contributed by atoms with Crippen molar-refractivity contribution < 1.29 is 19.0 Å². The second kappa shape index (κ2) is 7.69. The molecule has 0 heterocycles. The van der Waals surface area contributed by atoms with Crippen LogP contribution in [0.25, 0.3) is 4.85 Å². The van der Waals surface area contributed by atoms with E-state index in [1.165, 1.54) is 13.3 Å². The lowest BCUT2D eigenvalue weighted by Gasteiger charge is -2.09. The SMILES string of the molecule is [C-]#[N+]C(=CNc1ccc(OC)c(OC)c1)C(=O)OCC. The van der Waals surface area contributed by atoms with E-state index < -0.39 is 5.97 Å². The lowest BCUT2D eigenvalue weighted by Crippen LogP contribution is -2.06. The van der Waals surface area contributed by atoms with Gasteiger partial charge in [0.2, 0.25) is 0 Å². The molecule has 0 aliphatic rings. The number of rotatable bonds is 6. The lowest BCUT2D eigenvalue weighted by atomic mass is 10.2. The second-order valence-corrected chi connectivity index (χ2v) is 3.58. The van der Waals surface area contributed by atoms with E-state index in [2.05, 4.69) is 10.2 Å². The normalized spacial score (nSPS) is 10.4. The van der Waals surface area contributed by atoms with Gasteiger partial charge in [-0.1, -0.05) is 0 Å². The third-order valence-electron chi connectivity index (χ3n) is 2.36. The number of carbonyl (C=O) groups is 1. The largest absolute Gasteiger partial charge is 0.493 e. The van der Waals surface area contributed by atoms with Crippen molar-refractivity contribution in [3.8, 4) is 11.5 Å². The standard InChI is InChI=1S/C14H16N2O4/c1-5-20-14(17)11(15-2)9-16-10-6-7-12(18-3)13(8-10)19-4/h6-9,16H,5H2,1,3-4H3. The van der Waals surface area contributed by atoms with Crippen LogP contribution in [0.1, 0.15) is 6.92 Å². The average molecular weight is 276 g/mol. The zero-order valence-electron chi connectivity index (χ0n) is 11.6. The lowest BCUT2D eigenvalue weighted by molar-refractivity contribution is -0.138. The van der Waals surface area contributed by atoms with Gasteiger partial charge in [0.05, 0.1) is 27.4 Å². The number of esters is 1. The minimum absolute atomic E-state index is 0.123. The highest BCUT2D eigenvalue weighted by Crippen LogP contribution is 2.29. The fourth-order valence-electron chi connectivity index (χ4n) is 1.42. The van der Waals surface area contributed by atoms with Crippen LogP contribution in [0.5, 0.6) is 11.5 Å². The number of ether oxygens (including phenoxy) is 3. The highest BCUT2D eigenvalue weighted by atomic mass is 16.5. The average Bonchev–Trinajstić information content (AvgIpc) is 2.47. The molecule has 1 aromatic rings. The quantitative estimate of drug-likeness (QED) is 0.491. The number of anilines is 1. The summed E-state index contributed by atoms with van der Waals surface area (Å²) in [5.41, 5.74) is 0.537. The Labute approximate surface area is 117 Å². The van der Waals surface area contributed by atoms with Crippen LogP contribution in [0.15, 0.2) is 30.1 Å². The maximum absolute atomic E-state index is 11.4. The van der Waals surface area contributed by atoms with Gasteiger partial charge in [-0.2, -0.15) is 0 Å². The molecule has 6 nitrogen and oxygen atoms in total. The molecule has 0 radical (unpaired) electrons. The topological polar surface area (TPSA) is 61.2 Å². The Morgan fingerprint density at radius 3 is 2.60 bits per heavy atom. The van der Waals surface area contributed by atoms with E-state index in [4.69, 9.17) is 20.8 Å². The summed E-state index contributed by atoms with van der Waals surface area (Å²) in [4.78, 5) is 14.5. The van der Waals surface area contributed by atoms with E-state index in [1.807, 2.05) is 0 Å². The van der Waals surface area contributed by atoms with Crippen LogP contribution in [0, 0.1) is 6.57 Å². The van der Waals surface area contributed by atoms with Crippen LogP contribution >= 0.6 is 0 Å². The summed E-state index contributed by atoms with van der Waals surface area (Å²) in [5, 5.41) is 2.85. The monoisotopic (exact) mass is 276 g/mol. The van der Waals surface area contributed by atoms with E-state index >= 15 is 0 Å². The Balaban J connectivity index is 2.88. The first-order valence-corrected chi connectivity index (χ1v) is 5.89. The molecule has 6 heteroatoms. The minimum atomic E-state index is -0.657. The van der Waals surface area contributed by atoms with E-state index in [0.717, 1.165) is 0 Å². The summed E-state index contributed by atoms with van der Waals surface area (Å²) < 4.78 is 15.0. The smallest absolute Gasteiger partial charge is 0.337 e. The number of benzene rings is 1. The Morgan fingerprint density at radius 1 is 1.35 bits per heavy atom. The van der Waals surface area contributed by atoms with Crippen molar-refractivity contribution in [2.75, 3.05) is 26.1 Å². The molecule has 0 unspecified atom stereocenters. The van der Waals surface area contributed by atoms with Crippen molar-refractivity contribution in [3.63, 3.8) is 0 Å². The van der Waals surface area contributed by atoms with Crippen LogP contribution in [0.3, 0.4) is 0 Å². The highest BCUT2D eigenvalue weighted by molar-refractivity contribution is 5.90. The Morgan fingerprint density at radius 2 is 2.05 bits per heavy atom. The number of nitrogens with one attached hydrogen (secondary N) is 1. The fourth-order valence-corrected chi connectivity index (χ4v) is 1.42. The Kier molecular flexibility index (Phi) is 5.91. The summed E-state index contributed by atoms with van der Waals surface area (Å²) in [5.74, 6) is 0.486. The summed E-state index contributed by atoms with van der Waals surface area (Å²) in [6.07, 6.45) is 1.30. The molecule has 0 aliphatic heterocycles. The van der Waals surface area contributed by atoms with Crippen molar-refractivity contribution in [2.45, 2.75) is 6.92 Å². The van der Waals surface area contributed by atoms with Gasteiger partial charge in [0.25, 0.3) is 5.70 Å². The van der Waals surface area contributed by atoms with Crippen LogP contribution < -0.4 is 14.8 Å². The number of methoxy groups -OCH3 is 2. The third-order valence-corrected chi connectivity index (χ3v) is 2.36. The molecule has 0 fully saturated rings. The maximum atomic E-state index is 11.4. The second-order valence-electron chi connectivity index (χ2n) is 3.58. The molecule has 1 rings (SSSR count). The summed E-state index contributed by atoms with van der Waals surface area (Å²) >= 11 is 0. The molecule has 0 bridgehead atoms. The number of nitrogens with zero attached hydrogens (tertiary/aromatic N) is 1. The molecule has 106 valence electrons. The molecule has 0 saturated heterocycles. The van der Waals surface area contributed by atoms with Crippen molar-refractivity contribution >= 4 is 11.7 Å². The maximum Gasteiger partial charge on any atom is 0.337 e. The summed E-state index contributed by atoms with van der Waals surface area (Å²) in [6.45, 7) is 8.85. The first-order chi connectivity index (χ1) is 9.65. The van der Waals surface area contributed by atoms with E-state index in [1.54, 1.807) is 32.2 Å². The van der Waals surface area contributed by atoms with Crippen molar-refractivity contribution in [1.82, 2.24) is 0 Å². The van der Waals surface area contributed by atoms with Gasteiger partial charge in [0, 0.05) is 18.0 Å². The molecule has 0 atom stereocenters. The number of carbonyl (C=O) groups excluding carboxylic acids is 1. The van der Waals surface area contributed by atoms with E-state index in [-0.39, 0.29) is 12.3 Å². The fraction of sp³-hybridized carbons (Fsp3) is 0.286. The van der Waals surface area contributed by atoms with Crippen LogP contribution in [-0.2, 0) is 9.53 Å². The zero-order chi connectivity index (χ0) is 15.0. The van der Waals surface area contributed by atoms with E-state index in [9.17, 15) is 4.79 Å². The third kappa shape index (κ3) is 3.92. The predicted molar refractivity (Wildman–Crippen MR) is 74.5 cm³/mol. The van der Waals surface area contributed by atoms with E-state index in [0.29, 0.717) is 17.2 Å². The van der Waals surface area contributed by atoms with Gasteiger partial charge in [0.15, 0.2) is 11.5 Å². The first kappa shape index (κ1) is 15.4. The molecule has 0 aromatic heterocycles. The van der Waals surface area contributed by atoms with Gasteiger partial charge in [-0.15, -0.1) is 0 Å². The summed E-state index contributed by atoms with van der Waals surface area (Å²) in [7, 11) is 3.07.